The quantitative estimate of drug-likeness (QED) is 0.781. The first kappa shape index (κ1) is 13.7. The second kappa shape index (κ2) is 7.04. The highest BCUT2D eigenvalue weighted by molar-refractivity contribution is 5.92. The van der Waals surface area contributed by atoms with Crippen molar-refractivity contribution >= 4 is 11.6 Å². The monoisotopic (exact) mass is 236 g/mol. The zero-order chi connectivity index (χ0) is 12.7. The zero-order valence-corrected chi connectivity index (χ0v) is 10.4. The lowest BCUT2D eigenvalue weighted by Gasteiger charge is -2.18. The van der Waals surface area contributed by atoms with Gasteiger partial charge in [-0.2, -0.15) is 0 Å². The molecule has 4 nitrogen and oxygen atoms in total. The number of nitrogens with one attached hydrogen (secondary N) is 1. The van der Waals surface area contributed by atoms with Crippen molar-refractivity contribution in [2.45, 2.75) is 13.8 Å². The fourth-order valence-electron chi connectivity index (χ4n) is 1.62. The van der Waals surface area contributed by atoms with Crippen LogP contribution in [0.25, 0.3) is 0 Å². The number of anilines is 1. The number of benzene rings is 1. The van der Waals surface area contributed by atoms with Gasteiger partial charge in [-0.25, -0.2) is 0 Å². The smallest absolute Gasteiger partial charge is 0.238 e. The lowest BCUT2D eigenvalue weighted by Crippen LogP contribution is -2.35. The molecule has 0 spiro atoms. The van der Waals surface area contributed by atoms with Gasteiger partial charge < -0.3 is 10.4 Å². The van der Waals surface area contributed by atoms with Gasteiger partial charge in [0.25, 0.3) is 0 Å². The molecule has 0 heterocycles. The molecule has 1 aromatic rings. The minimum Gasteiger partial charge on any atom is -0.395 e. The van der Waals surface area contributed by atoms with Crippen molar-refractivity contribution in [2.24, 2.45) is 0 Å². The summed E-state index contributed by atoms with van der Waals surface area (Å²) in [5.41, 5.74) is 1.93. The molecular weight excluding hydrogens is 216 g/mol. The van der Waals surface area contributed by atoms with Gasteiger partial charge in [0.05, 0.1) is 13.2 Å². The number of carbonyl (C=O) groups is 1. The van der Waals surface area contributed by atoms with E-state index in [0.717, 1.165) is 17.8 Å². The Morgan fingerprint density at radius 1 is 1.47 bits per heavy atom. The van der Waals surface area contributed by atoms with Gasteiger partial charge in [0.2, 0.25) is 5.91 Å². The van der Waals surface area contributed by atoms with E-state index >= 15 is 0 Å². The molecule has 1 amide bonds. The molecule has 1 rings (SSSR count). The van der Waals surface area contributed by atoms with Gasteiger partial charge in [-0.05, 0) is 31.2 Å². The summed E-state index contributed by atoms with van der Waals surface area (Å²) in [4.78, 5) is 13.6. The molecule has 0 aliphatic rings. The topological polar surface area (TPSA) is 52.6 Å². The highest BCUT2D eigenvalue weighted by atomic mass is 16.3. The van der Waals surface area contributed by atoms with E-state index in [1.54, 1.807) is 0 Å². The number of nitrogens with zero attached hydrogens (tertiary/aromatic N) is 1. The molecule has 17 heavy (non-hydrogen) atoms. The minimum absolute atomic E-state index is 0.0501. The lowest BCUT2D eigenvalue weighted by molar-refractivity contribution is -0.117. The molecule has 0 saturated heterocycles. The standard InChI is InChI=1S/C13H20N2O2/c1-3-15(7-8-16)10-13(17)14-12-6-4-5-11(2)9-12/h4-6,9,16H,3,7-8,10H2,1-2H3,(H,14,17). The van der Waals surface area contributed by atoms with Gasteiger partial charge in [-0.1, -0.05) is 19.1 Å². The maximum atomic E-state index is 11.7. The van der Waals surface area contributed by atoms with Crippen LogP contribution in [0.5, 0.6) is 0 Å². The van der Waals surface area contributed by atoms with Crippen LogP contribution in [-0.4, -0.2) is 42.2 Å². The van der Waals surface area contributed by atoms with Gasteiger partial charge in [0, 0.05) is 12.2 Å². The summed E-state index contributed by atoms with van der Waals surface area (Å²) in [6, 6.07) is 7.70. The van der Waals surface area contributed by atoms with Crippen LogP contribution in [0.1, 0.15) is 12.5 Å². The van der Waals surface area contributed by atoms with Crippen molar-refractivity contribution in [3.8, 4) is 0 Å². The van der Waals surface area contributed by atoms with E-state index in [-0.39, 0.29) is 12.5 Å². The van der Waals surface area contributed by atoms with Crippen molar-refractivity contribution < 1.29 is 9.90 Å². The first-order valence-electron chi connectivity index (χ1n) is 5.85. The van der Waals surface area contributed by atoms with Gasteiger partial charge >= 0.3 is 0 Å². The molecule has 0 fully saturated rings. The molecule has 0 unspecified atom stereocenters. The second-order valence-corrected chi connectivity index (χ2v) is 4.01. The van der Waals surface area contributed by atoms with Crippen LogP contribution in [0.2, 0.25) is 0 Å². The molecule has 0 aliphatic carbocycles. The fraction of sp³-hybridized carbons (Fsp3) is 0.462. The zero-order valence-electron chi connectivity index (χ0n) is 10.4. The summed E-state index contributed by atoms with van der Waals surface area (Å²) in [7, 11) is 0. The fourth-order valence-corrected chi connectivity index (χ4v) is 1.62. The van der Waals surface area contributed by atoms with Crippen LogP contribution < -0.4 is 5.32 Å². The number of hydrogen-bond acceptors (Lipinski definition) is 3. The molecule has 0 radical (unpaired) electrons. The van der Waals surface area contributed by atoms with E-state index in [9.17, 15) is 4.79 Å². The number of rotatable bonds is 6. The van der Waals surface area contributed by atoms with Gasteiger partial charge in [0.1, 0.15) is 0 Å². The molecule has 0 bridgehead atoms. The molecule has 0 saturated carbocycles. The van der Waals surface area contributed by atoms with E-state index in [0.29, 0.717) is 13.1 Å². The number of aliphatic hydroxyl groups excluding tert-OH is 1. The molecule has 1 aromatic carbocycles. The SMILES string of the molecule is CCN(CCO)CC(=O)Nc1cccc(C)c1. The predicted molar refractivity (Wildman–Crippen MR) is 69.0 cm³/mol. The molecule has 4 heteroatoms. The van der Waals surface area contributed by atoms with Crippen molar-refractivity contribution in [3.05, 3.63) is 29.8 Å². The Labute approximate surface area is 102 Å². The summed E-state index contributed by atoms with van der Waals surface area (Å²) in [5, 5.41) is 11.7. The van der Waals surface area contributed by atoms with Crippen LogP contribution in [0.3, 0.4) is 0 Å². The Balaban J connectivity index is 2.49. The summed E-state index contributed by atoms with van der Waals surface area (Å²) in [6.45, 7) is 5.62. The van der Waals surface area contributed by atoms with E-state index in [2.05, 4.69) is 5.32 Å². The van der Waals surface area contributed by atoms with E-state index in [1.165, 1.54) is 0 Å². The van der Waals surface area contributed by atoms with Crippen LogP contribution in [0.4, 0.5) is 5.69 Å². The maximum absolute atomic E-state index is 11.7. The summed E-state index contributed by atoms with van der Waals surface area (Å²) in [6.07, 6.45) is 0. The van der Waals surface area contributed by atoms with Crippen molar-refractivity contribution in [1.29, 1.82) is 0 Å². The largest absolute Gasteiger partial charge is 0.395 e. The van der Waals surface area contributed by atoms with Gasteiger partial charge in [-0.15, -0.1) is 0 Å². The number of carbonyl (C=O) groups excluding carboxylic acids is 1. The molecule has 0 aromatic heterocycles. The van der Waals surface area contributed by atoms with Gasteiger partial charge in [0.15, 0.2) is 0 Å². The lowest BCUT2D eigenvalue weighted by atomic mass is 10.2. The second-order valence-electron chi connectivity index (χ2n) is 4.01. The number of hydrogen-bond donors (Lipinski definition) is 2. The third kappa shape index (κ3) is 4.97. The van der Waals surface area contributed by atoms with Crippen LogP contribution in [0, 0.1) is 6.92 Å². The van der Waals surface area contributed by atoms with Crippen molar-refractivity contribution in [1.82, 2.24) is 4.90 Å². The normalized spacial score (nSPS) is 10.6. The first-order valence-corrected chi connectivity index (χ1v) is 5.85. The van der Waals surface area contributed by atoms with Crippen molar-refractivity contribution in [2.75, 3.05) is 31.6 Å². The Bertz CT molecular complexity index is 366. The summed E-state index contributed by atoms with van der Waals surface area (Å²) >= 11 is 0. The van der Waals surface area contributed by atoms with Crippen LogP contribution in [0.15, 0.2) is 24.3 Å². The van der Waals surface area contributed by atoms with Crippen molar-refractivity contribution in [3.63, 3.8) is 0 Å². The highest BCUT2D eigenvalue weighted by Crippen LogP contribution is 2.09. The third-order valence-electron chi connectivity index (χ3n) is 2.53. The molecule has 94 valence electrons. The van der Waals surface area contributed by atoms with Crippen LogP contribution in [-0.2, 0) is 4.79 Å². The first-order chi connectivity index (χ1) is 8.15. The molecular formula is C13H20N2O2. The third-order valence-corrected chi connectivity index (χ3v) is 2.53. The number of aryl methyl sites for hydroxylation is 1. The number of amides is 1. The number of likely N-dealkylation sites (N-methyl/N-ethyl adjacent to an activating group) is 1. The Morgan fingerprint density at radius 3 is 2.82 bits per heavy atom. The van der Waals surface area contributed by atoms with E-state index in [4.69, 9.17) is 5.11 Å². The minimum atomic E-state index is -0.0501. The van der Waals surface area contributed by atoms with Crippen LogP contribution >= 0.6 is 0 Å². The Hall–Kier alpha value is -1.39. The maximum Gasteiger partial charge on any atom is 0.238 e. The molecule has 2 N–H and O–H groups in total. The average Bonchev–Trinajstić information content (AvgIpc) is 2.28. The highest BCUT2D eigenvalue weighted by Gasteiger charge is 2.08. The van der Waals surface area contributed by atoms with E-state index in [1.807, 2.05) is 43.0 Å². The summed E-state index contributed by atoms with van der Waals surface area (Å²) in [5.74, 6) is -0.0501. The predicted octanol–water partition coefficient (Wildman–Crippen LogP) is 1.25. The van der Waals surface area contributed by atoms with Gasteiger partial charge in [-0.3, -0.25) is 9.69 Å². The number of aliphatic hydroxyl groups is 1. The molecule has 0 aliphatic heterocycles. The molecule has 0 atom stereocenters. The summed E-state index contributed by atoms with van der Waals surface area (Å²) < 4.78 is 0. The Morgan fingerprint density at radius 2 is 2.24 bits per heavy atom. The Kier molecular flexibility index (Phi) is 5.66. The average molecular weight is 236 g/mol. The van der Waals surface area contributed by atoms with E-state index < -0.39 is 0 Å².